The van der Waals surface area contributed by atoms with Crippen LogP contribution in [0.15, 0.2) is 66.8 Å². The largest absolute Gasteiger partial charge is 0.389 e. The number of hydrogen-bond donors (Lipinski definition) is 0. The lowest BCUT2D eigenvalue weighted by Crippen LogP contribution is -2.12. The highest BCUT2D eigenvalue weighted by atomic mass is 16.6. The first-order chi connectivity index (χ1) is 13.7. The minimum atomic E-state index is -0.576. The summed E-state index contributed by atoms with van der Waals surface area (Å²) in [5, 5.41) is 0. The van der Waals surface area contributed by atoms with E-state index < -0.39 is 11.9 Å². The quantitative estimate of drug-likeness (QED) is 0.151. The second kappa shape index (κ2) is 16.7. The number of esters is 2. The number of benzene rings is 1. The van der Waals surface area contributed by atoms with Crippen LogP contribution in [0, 0.1) is 0 Å². The molecule has 0 aromatic heterocycles. The molecule has 0 unspecified atom stereocenters. The highest BCUT2D eigenvalue weighted by Crippen LogP contribution is 2.06. The van der Waals surface area contributed by atoms with Gasteiger partial charge in [0.2, 0.25) is 0 Å². The molecule has 1 rings (SSSR count). The molecule has 0 atom stereocenters. The first-order valence-corrected chi connectivity index (χ1v) is 10.5. The smallest absolute Gasteiger partial charge is 0.345 e. The van der Waals surface area contributed by atoms with Crippen molar-refractivity contribution in [2.24, 2.45) is 0 Å². The Balaban J connectivity index is 1.99. The summed E-state index contributed by atoms with van der Waals surface area (Å²) >= 11 is 0. The summed E-state index contributed by atoms with van der Waals surface area (Å²) in [5.74, 6) is -1.03. The van der Waals surface area contributed by atoms with Crippen molar-refractivity contribution in [3.05, 3.63) is 72.4 Å². The molecule has 1 aromatic carbocycles. The fraction of sp³-hybridized carbons (Fsp3) is 0.440. The van der Waals surface area contributed by atoms with Gasteiger partial charge in [0.05, 0.1) is 5.56 Å². The zero-order chi connectivity index (χ0) is 20.3. The number of rotatable bonds is 14. The van der Waals surface area contributed by atoms with E-state index in [4.69, 9.17) is 4.74 Å². The van der Waals surface area contributed by atoms with E-state index in [1.165, 1.54) is 25.7 Å². The van der Waals surface area contributed by atoms with E-state index in [0.717, 1.165) is 32.1 Å². The van der Waals surface area contributed by atoms with Gasteiger partial charge in [0, 0.05) is 6.42 Å². The molecule has 0 saturated carbocycles. The van der Waals surface area contributed by atoms with Crippen LogP contribution in [0.25, 0.3) is 0 Å². The molecule has 0 spiro atoms. The molecule has 0 bridgehead atoms. The fourth-order valence-electron chi connectivity index (χ4n) is 2.61. The van der Waals surface area contributed by atoms with Crippen LogP contribution in [0.5, 0.6) is 0 Å². The molecule has 0 aliphatic carbocycles. The Morgan fingerprint density at radius 2 is 1.36 bits per heavy atom. The van der Waals surface area contributed by atoms with Crippen LogP contribution in [-0.4, -0.2) is 11.9 Å². The van der Waals surface area contributed by atoms with Gasteiger partial charge in [0.1, 0.15) is 0 Å². The molecule has 0 aliphatic rings. The average Bonchev–Trinajstić information content (AvgIpc) is 2.71. The van der Waals surface area contributed by atoms with Crippen LogP contribution < -0.4 is 0 Å². The van der Waals surface area contributed by atoms with Crippen LogP contribution in [0.4, 0.5) is 0 Å². The van der Waals surface area contributed by atoms with Gasteiger partial charge in [-0.1, -0.05) is 74.4 Å². The molecule has 0 fully saturated rings. The third kappa shape index (κ3) is 12.9. The van der Waals surface area contributed by atoms with Gasteiger partial charge < -0.3 is 4.74 Å². The van der Waals surface area contributed by atoms with Gasteiger partial charge in [0.25, 0.3) is 0 Å². The molecule has 28 heavy (non-hydrogen) atoms. The van der Waals surface area contributed by atoms with Gasteiger partial charge in [-0.3, -0.25) is 4.79 Å². The maximum absolute atomic E-state index is 11.8. The molecule has 152 valence electrons. The van der Waals surface area contributed by atoms with Gasteiger partial charge in [-0.05, 0) is 57.1 Å². The Hall–Kier alpha value is -2.42. The number of unbranched alkanes of at least 4 members (excludes halogenated alkanes) is 5. The summed E-state index contributed by atoms with van der Waals surface area (Å²) in [5.41, 5.74) is 0.402. The molecule has 0 saturated heterocycles. The lowest BCUT2D eigenvalue weighted by Gasteiger charge is -2.02. The van der Waals surface area contributed by atoms with E-state index in [1.54, 1.807) is 24.3 Å². The van der Waals surface area contributed by atoms with Crippen molar-refractivity contribution in [2.75, 3.05) is 0 Å². The van der Waals surface area contributed by atoms with Crippen molar-refractivity contribution in [1.29, 1.82) is 0 Å². The first kappa shape index (κ1) is 23.6. The molecule has 3 nitrogen and oxygen atoms in total. The molecule has 0 amide bonds. The standard InChI is InChI=1S/C25H34O3/c1-2-3-4-5-6-7-8-9-10-11-12-13-14-15-19-22-24(26)28-25(27)23-20-17-16-18-21-23/h6-7,9-10,12-13,16-18,20-21H,2-5,8,11,14-15,19,22H2,1H3. The van der Waals surface area contributed by atoms with Crippen LogP contribution in [0.1, 0.15) is 81.5 Å². The van der Waals surface area contributed by atoms with Crippen molar-refractivity contribution in [3.63, 3.8) is 0 Å². The van der Waals surface area contributed by atoms with Gasteiger partial charge in [-0.15, -0.1) is 0 Å². The summed E-state index contributed by atoms with van der Waals surface area (Å²) in [6.45, 7) is 2.23. The normalized spacial score (nSPS) is 11.6. The first-order valence-electron chi connectivity index (χ1n) is 10.5. The van der Waals surface area contributed by atoms with Crippen molar-refractivity contribution >= 4 is 11.9 Å². The van der Waals surface area contributed by atoms with Gasteiger partial charge in [0.15, 0.2) is 0 Å². The Morgan fingerprint density at radius 1 is 0.786 bits per heavy atom. The number of hydrogen-bond acceptors (Lipinski definition) is 3. The van der Waals surface area contributed by atoms with Gasteiger partial charge in [-0.2, -0.15) is 0 Å². The van der Waals surface area contributed by atoms with Crippen LogP contribution in [-0.2, 0) is 9.53 Å². The Kier molecular flexibility index (Phi) is 14.1. The average molecular weight is 383 g/mol. The SMILES string of the molecule is CCCCCC=CCC=CCC=CCCCCC(=O)OC(=O)c1ccccc1. The molecule has 3 heteroatoms. The minimum Gasteiger partial charge on any atom is -0.389 e. The van der Waals surface area contributed by atoms with Crippen LogP contribution >= 0.6 is 0 Å². The highest BCUT2D eigenvalue weighted by molar-refractivity contribution is 5.96. The summed E-state index contributed by atoms with van der Waals surface area (Å²) in [7, 11) is 0. The molecule has 0 heterocycles. The second-order valence-electron chi connectivity index (χ2n) is 6.75. The Labute approximate surface area is 170 Å². The number of allylic oxidation sites excluding steroid dienone is 6. The van der Waals surface area contributed by atoms with Gasteiger partial charge >= 0.3 is 11.9 Å². The van der Waals surface area contributed by atoms with Crippen molar-refractivity contribution in [1.82, 2.24) is 0 Å². The molecular formula is C25H34O3. The van der Waals surface area contributed by atoms with Crippen molar-refractivity contribution in [2.45, 2.75) is 71.1 Å². The predicted molar refractivity (Wildman–Crippen MR) is 116 cm³/mol. The van der Waals surface area contributed by atoms with E-state index in [1.807, 2.05) is 6.07 Å². The van der Waals surface area contributed by atoms with E-state index >= 15 is 0 Å². The topological polar surface area (TPSA) is 43.4 Å². The third-order valence-corrected chi connectivity index (χ3v) is 4.24. The molecule has 0 aliphatic heterocycles. The van der Waals surface area contributed by atoms with Crippen molar-refractivity contribution in [3.8, 4) is 0 Å². The zero-order valence-corrected chi connectivity index (χ0v) is 17.1. The molecular weight excluding hydrogens is 348 g/mol. The Morgan fingerprint density at radius 3 is 1.96 bits per heavy atom. The van der Waals surface area contributed by atoms with Crippen LogP contribution in [0.3, 0.4) is 0 Å². The summed E-state index contributed by atoms with van der Waals surface area (Å²) in [4.78, 5) is 23.4. The highest BCUT2D eigenvalue weighted by Gasteiger charge is 2.11. The third-order valence-electron chi connectivity index (χ3n) is 4.24. The van der Waals surface area contributed by atoms with Gasteiger partial charge in [-0.25, -0.2) is 4.79 Å². The number of carbonyl (C=O) groups excluding carboxylic acids is 2. The maximum Gasteiger partial charge on any atom is 0.345 e. The van der Waals surface area contributed by atoms with Crippen molar-refractivity contribution < 1.29 is 14.3 Å². The molecule has 1 aromatic rings. The zero-order valence-electron chi connectivity index (χ0n) is 17.1. The summed E-state index contributed by atoms with van der Waals surface area (Å²) in [6.07, 6.45) is 23.0. The number of ether oxygens (including phenoxy) is 1. The fourth-order valence-corrected chi connectivity index (χ4v) is 2.61. The monoisotopic (exact) mass is 382 g/mol. The summed E-state index contributed by atoms with van der Waals surface area (Å²) in [6, 6.07) is 8.58. The second-order valence-corrected chi connectivity index (χ2v) is 6.75. The lowest BCUT2D eigenvalue weighted by atomic mass is 10.1. The van der Waals surface area contributed by atoms with E-state index in [-0.39, 0.29) is 6.42 Å². The predicted octanol–water partition coefficient (Wildman–Crippen LogP) is 6.96. The van der Waals surface area contributed by atoms with Crippen LogP contribution in [0.2, 0.25) is 0 Å². The lowest BCUT2D eigenvalue weighted by molar-refractivity contribution is -0.138. The molecule has 0 radical (unpaired) electrons. The van der Waals surface area contributed by atoms with E-state index in [9.17, 15) is 9.59 Å². The minimum absolute atomic E-state index is 0.275. The number of carbonyl (C=O) groups is 2. The van der Waals surface area contributed by atoms with E-state index in [2.05, 4.69) is 43.4 Å². The Bertz CT molecular complexity index is 626. The molecule has 0 N–H and O–H groups in total. The summed E-state index contributed by atoms with van der Waals surface area (Å²) < 4.78 is 4.85. The van der Waals surface area contributed by atoms with E-state index in [0.29, 0.717) is 5.56 Å². The maximum atomic E-state index is 11.8.